The maximum absolute atomic E-state index is 12.1. The predicted octanol–water partition coefficient (Wildman–Crippen LogP) is 3.71. The molecule has 0 aromatic carbocycles. The summed E-state index contributed by atoms with van der Waals surface area (Å²) in [5.74, 6) is 1.15. The van der Waals surface area contributed by atoms with E-state index in [0.29, 0.717) is 23.9 Å². The molecule has 0 saturated heterocycles. The van der Waals surface area contributed by atoms with Crippen LogP contribution in [0.2, 0.25) is 0 Å². The normalized spacial score (nSPS) is 11.2. The van der Waals surface area contributed by atoms with Crippen molar-refractivity contribution in [1.82, 2.24) is 9.97 Å². The van der Waals surface area contributed by atoms with Gasteiger partial charge in [-0.3, -0.25) is 0 Å². The van der Waals surface area contributed by atoms with Crippen LogP contribution in [0.25, 0.3) is 10.2 Å². The number of esters is 1. The fourth-order valence-electron chi connectivity index (χ4n) is 2.36. The molecule has 0 fully saturated rings. The van der Waals surface area contributed by atoms with Gasteiger partial charge in [0.25, 0.3) is 0 Å². The zero-order valence-electron chi connectivity index (χ0n) is 14.9. The molecule has 0 amide bonds. The third-order valence-electron chi connectivity index (χ3n) is 3.43. The second kappa shape index (κ2) is 8.39. The first kappa shape index (κ1) is 18.6. The Hall–Kier alpha value is -1.73. The lowest BCUT2D eigenvalue weighted by Gasteiger charge is -2.10. The zero-order chi connectivity index (χ0) is 17.7. The van der Waals surface area contributed by atoms with E-state index in [9.17, 15) is 4.79 Å². The quantitative estimate of drug-likeness (QED) is 0.577. The van der Waals surface area contributed by atoms with Gasteiger partial charge in [0.05, 0.1) is 18.1 Å². The van der Waals surface area contributed by atoms with Crippen LogP contribution in [0.15, 0.2) is 0 Å². The average molecular weight is 351 g/mol. The van der Waals surface area contributed by atoms with Crippen molar-refractivity contribution in [2.24, 2.45) is 0 Å². The minimum Gasteiger partial charge on any atom is -0.462 e. The number of nitrogens with zero attached hydrogens (tertiary/aromatic N) is 2. The van der Waals surface area contributed by atoms with Crippen molar-refractivity contribution in [2.45, 2.75) is 47.1 Å². The van der Waals surface area contributed by atoms with Gasteiger partial charge >= 0.3 is 5.97 Å². The molecule has 0 radical (unpaired) electrons. The van der Waals surface area contributed by atoms with Gasteiger partial charge in [-0.1, -0.05) is 0 Å². The number of anilines is 1. The molecule has 2 aromatic heterocycles. The van der Waals surface area contributed by atoms with Crippen LogP contribution in [0.1, 0.15) is 48.3 Å². The SMILES string of the molecule is CCOC(=O)c1sc2nc(C)nc(NCCCOC(C)C)c2c1C. The summed E-state index contributed by atoms with van der Waals surface area (Å²) < 4.78 is 10.7. The summed E-state index contributed by atoms with van der Waals surface area (Å²) in [5.41, 5.74) is 0.870. The van der Waals surface area contributed by atoms with Crippen LogP contribution in [-0.2, 0) is 9.47 Å². The maximum Gasteiger partial charge on any atom is 0.348 e. The zero-order valence-corrected chi connectivity index (χ0v) is 15.7. The highest BCUT2D eigenvalue weighted by Crippen LogP contribution is 2.34. The predicted molar refractivity (Wildman–Crippen MR) is 97.0 cm³/mol. The molecule has 0 unspecified atom stereocenters. The van der Waals surface area contributed by atoms with Gasteiger partial charge in [-0.25, -0.2) is 14.8 Å². The summed E-state index contributed by atoms with van der Waals surface area (Å²) in [4.78, 5) is 22.5. The van der Waals surface area contributed by atoms with Gasteiger partial charge in [0.1, 0.15) is 21.3 Å². The number of aryl methyl sites for hydroxylation is 2. The minimum absolute atomic E-state index is 0.240. The molecule has 2 aromatic rings. The monoisotopic (exact) mass is 351 g/mol. The fourth-order valence-corrected chi connectivity index (χ4v) is 3.48. The number of hydrogen-bond acceptors (Lipinski definition) is 7. The Bertz CT molecular complexity index is 713. The molecule has 0 aliphatic rings. The van der Waals surface area contributed by atoms with E-state index in [1.165, 1.54) is 11.3 Å². The Labute approximate surface area is 146 Å². The first-order valence-corrected chi connectivity index (χ1v) is 9.06. The summed E-state index contributed by atoms with van der Waals surface area (Å²) in [7, 11) is 0. The first-order valence-electron chi connectivity index (χ1n) is 8.24. The highest BCUT2D eigenvalue weighted by atomic mass is 32.1. The maximum atomic E-state index is 12.1. The number of nitrogens with one attached hydrogen (secondary N) is 1. The minimum atomic E-state index is -0.299. The molecule has 0 spiro atoms. The standard InChI is InChI=1S/C17H25N3O3S/c1-6-22-17(21)14-11(4)13-15(18-8-7-9-23-10(2)3)19-12(5)20-16(13)24-14/h10H,6-9H2,1-5H3,(H,18,19,20). The summed E-state index contributed by atoms with van der Waals surface area (Å²) in [6.07, 6.45) is 1.13. The van der Waals surface area contributed by atoms with E-state index >= 15 is 0 Å². The topological polar surface area (TPSA) is 73.3 Å². The Balaban J connectivity index is 2.21. The van der Waals surface area contributed by atoms with E-state index in [2.05, 4.69) is 15.3 Å². The summed E-state index contributed by atoms with van der Waals surface area (Å²) in [6.45, 7) is 11.4. The van der Waals surface area contributed by atoms with Crippen LogP contribution in [-0.4, -0.2) is 41.8 Å². The van der Waals surface area contributed by atoms with Crippen molar-refractivity contribution in [3.8, 4) is 0 Å². The number of thiophene rings is 1. The lowest BCUT2D eigenvalue weighted by molar-refractivity contribution is 0.0531. The van der Waals surface area contributed by atoms with Gasteiger partial charge in [-0.2, -0.15) is 0 Å². The smallest absolute Gasteiger partial charge is 0.348 e. The fraction of sp³-hybridized carbons (Fsp3) is 0.588. The summed E-state index contributed by atoms with van der Waals surface area (Å²) in [6, 6.07) is 0. The lowest BCUT2D eigenvalue weighted by Crippen LogP contribution is -2.11. The molecule has 0 aliphatic carbocycles. The largest absolute Gasteiger partial charge is 0.462 e. The number of carbonyl (C=O) groups excluding carboxylic acids is 1. The van der Waals surface area contributed by atoms with E-state index in [1.54, 1.807) is 6.92 Å². The van der Waals surface area contributed by atoms with Crippen LogP contribution in [0.4, 0.5) is 5.82 Å². The van der Waals surface area contributed by atoms with Crippen LogP contribution >= 0.6 is 11.3 Å². The highest BCUT2D eigenvalue weighted by Gasteiger charge is 2.20. The molecule has 1 N–H and O–H groups in total. The molecule has 24 heavy (non-hydrogen) atoms. The molecule has 0 aliphatic heterocycles. The molecule has 132 valence electrons. The number of aromatic nitrogens is 2. The second-order valence-electron chi connectivity index (χ2n) is 5.78. The second-order valence-corrected chi connectivity index (χ2v) is 6.78. The first-order chi connectivity index (χ1) is 11.4. The van der Waals surface area contributed by atoms with Crippen molar-refractivity contribution in [2.75, 3.05) is 25.1 Å². The van der Waals surface area contributed by atoms with E-state index in [1.807, 2.05) is 27.7 Å². The molecule has 2 rings (SSSR count). The van der Waals surface area contributed by atoms with Crippen LogP contribution < -0.4 is 5.32 Å². The molecule has 0 saturated carbocycles. The number of hydrogen-bond donors (Lipinski definition) is 1. The molecular weight excluding hydrogens is 326 g/mol. The molecule has 6 nitrogen and oxygen atoms in total. The Morgan fingerprint density at radius 1 is 1.29 bits per heavy atom. The third kappa shape index (κ3) is 4.42. The van der Waals surface area contributed by atoms with Crippen LogP contribution in [0.3, 0.4) is 0 Å². The van der Waals surface area contributed by atoms with Crippen molar-refractivity contribution in [1.29, 1.82) is 0 Å². The third-order valence-corrected chi connectivity index (χ3v) is 4.59. The Kier molecular flexibility index (Phi) is 6.51. The van der Waals surface area contributed by atoms with Gasteiger partial charge in [0.2, 0.25) is 0 Å². The van der Waals surface area contributed by atoms with Gasteiger partial charge in [-0.15, -0.1) is 11.3 Å². The van der Waals surface area contributed by atoms with Crippen molar-refractivity contribution >= 4 is 33.3 Å². The number of fused-ring (bicyclic) bond motifs is 1. The van der Waals surface area contributed by atoms with Gasteiger partial charge in [0.15, 0.2) is 0 Å². The molecular formula is C17H25N3O3S. The van der Waals surface area contributed by atoms with Gasteiger partial charge < -0.3 is 14.8 Å². The van der Waals surface area contributed by atoms with Crippen molar-refractivity contribution < 1.29 is 14.3 Å². The van der Waals surface area contributed by atoms with Gasteiger partial charge in [0, 0.05) is 13.2 Å². The van der Waals surface area contributed by atoms with Crippen molar-refractivity contribution in [3.05, 3.63) is 16.3 Å². The molecule has 0 atom stereocenters. The number of rotatable bonds is 8. The van der Waals surface area contributed by atoms with E-state index < -0.39 is 0 Å². The summed E-state index contributed by atoms with van der Waals surface area (Å²) in [5, 5.41) is 4.25. The van der Waals surface area contributed by atoms with Crippen LogP contribution in [0.5, 0.6) is 0 Å². The van der Waals surface area contributed by atoms with Crippen LogP contribution in [0, 0.1) is 13.8 Å². The molecule has 2 heterocycles. The van der Waals surface area contributed by atoms with E-state index in [0.717, 1.165) is 34.6 Å². The summed E-state index contributed by atoms with van der Waals surface area (Å²) >= 11 is 1.36. The van der Waals surface area contributed by atoms with Crippen molar-refractivity contribution in [3.63, 3.8) is 0 Å². The number of ether oxygens (including phenoxy) is 2. The highest BCUT2D eigenvalue weighted by molar-refractivity contribution is 7.20. The van der Waals surface area contributed by atoms with E-state index in [-0.39, 0.29) is 12.1 Å². The van der Waals surface area contributed by atoms with E-state index in [4.69, 9.17) is 9.47 Å². The van der Waals surface area contributed by atoms with Gasteiger partial charge in [-0.05, 0) is 46.6 Å². The molecule has 0 bridgehead atoms. The Morgan fingerprint density at radius 3 is 2.71 bits per heavy atom. The molecule has 7 heteroatoms. The lowest BCUT2D eigenvalue weighted by atomic mass is 10.2. The Morgan fingerprint density at radius 2 is 2.04 bits per heavy atom. The number of carbonyl (C=O) groups is 1. The average Bonchev–Trinajstić information content (AvgIpc) is 2.83.